The van der Waals surface area contributed by atoms with Gasteiger partial charge in [0.2, 0.25) is 0 Å². The molecule has 0 aromatic heterocycles. The number of hydrogen-bond acceptors (Lipinski definition) is 3. The molecule has 0 N–H and O–H groups in total. The molecule has 1 rings (SSSR count). The van der Waals surface area contributed by atoms with E-state index in [1.165, 1.54) is 0 Å². The zero-order valence-corrected chi connectivity index (χ0v) is 13.4. The third kappa shape index (κ3) is 11.5. The molecule has 0 saturated heterocycles. The van der Waals surface area contributed by atoms with Crippen LogP contribution in [0.5, 0.6) is 0 Å². The normalized spacial score (nSPS) is 9.45. The summed E-state index contributed by atoms with van der Waals surface area (Å²) in [6, 6.07) is 9.72. The van der Waals surface area contributed by atoms with Crippen LogP contribution in [-0.2, 0) is 9.53 Å². The van der Waals surface area contributed by atoms with E-state index in [2.05, 4.69) is 6.58 Å². The fourth-order valence-corrected chi connectivity index (χ4v) is 1.05. The molecule has 0 fully saturated rings. The zero-order chi connectivity index (χ0) is 14.7. The van der Waals surface area contributed by atoms with Gasteiger partial charge in [0, 0.05) is 0 Å². The molecule has 0 radical (unpaired) electrons. The molecule has 3 nitrogen and oxygen atoms in total. The lowest BCUT2D eigenvalue weighted by Crippen LogP contribution is -2.04. The molecule has 0 saturated carbocycles. The van der Waals surface area contributed by atoms with E-state index in [1.54, 1.807) is 13.0 Å². The lowest BCUT2D eigenvalue weighted by molar-refractivity contribution is -0.138. The Morgan fingerprint density at radius 1 is 1.25 bits per heavy atom. The average Bonchev–Trinajstić information content (AvgIpc) is 2.37. The highest BCUT2D eigenvalue weighted by molar-refractivity contribution is 5.92. The monoisotopic (exact) mass is 297 g/mol. The number of esters is 1. The van der Waals surface area contributed by atoms with Crippen molar-refractivity contribution in [3.05, 3.63) is 54.1 Å². The molecule has 0 aliphatic heterocycles. The smallest absolute Gasteiger partial charge is 0.337 e. The average molecular weight is 298 g/mol. The highest BCUT2D eigenvalue weighted by atomic mass is 35.5. The van der Waals surface area contributed by atoms with Crippen LogP contribution in [0, 0.1) is 0 Å². The predicted molar refractivity (Wildman–Crippen MR) is 88.1 cm³/mol. The summed E-state index contributed by atoms with van der Waals surface area (Å²) in [5, 5.41) is 0. The van der Waals surface area contributed by atoms with E-state index in [1.807, 2.05) is 62.5 Å². The predicted octanol–water partition coefficient (Wildman–Crippen LogP) is 3.42. The van der Waals surface area contributed by atoms with Gasteiger partial charge in [0.05, 0.1) is 12.2 Å². The Balaban J connectivity index is 0. The third-order valence-corrected chi connectivity index (χ3v) is 1.81. The minimum atomic E-state index is -0.371. The SMILES string of the molecule is C=C(C=Cc1ccccc1)C(=O)OCC.CN(C)C.Cl. The molecular formula is C16H24ClNO2. The number of rotatable bonds is 4. The minimum Gasteiger partial charge on any atom is -0.462 e. The second-order valence-electron chi connectivity index (χ2n) is 4.33. The molecule has 20 heavy (non-hydrogen) atoms. The second-order valence-corrected chi connectivity index (χ2v) is 4.33. The number of carbonyl (C=O) groups excluding carboxylic acids is 1. The highest BCUT2D eigenvalue weighted by Gasteiger charge is 2.02. The molecule has 4 heteroatoms. The highest BCUT2D eigenvalue weighted by Crippen LogP contribution is 2.04. The van der Waals surface area contributed by atoms with E-state index in [4.69, 9.17) is 4.74 Å². The van der Waals surface area contributed by atoms with Crippen molar-refractivity contribution >= 4 is 24.5 Å². The third-order valence-electron chi connectivity index (χ3n) is 1.81. The molecule has 0 spiro atoms. The van der Waals surface area contributed by atoms with Crippen molar-refractivity contribution < 1.29 is 9.53 Å². The first-order valence-corrected chi connectivity index (χ1v) is 6.17. The zero-order valence-electron chi connectivity index (χ0n) is 12.6. The number of halogens is 1. The Bertz CT molecular complexity index is 411. The van der Waals surface area contributed by atoms with E-state index in [9.17, 15) is 4.79 Å². The van der Waals surface area contributed by atoms with Crippen LogP contribution in [0.15, 0.2) is 48.6 Å². The summed E-state index contributed by atoms with van der Waals surface area (Å²) in [4.78, 5) is 13.2. The largest absolute Gasteiger partial charge is 0.462 e. The lowest BCUT2D eigenvalue weighted by Gasteiger charge is -1.99. The van der Waals surface area contributed by atoms with Gasteiger partial charge in [0.15, 0.2) is 0 Å². The van der Waals surface area contributed by atoms with Crippen LogP contribution >= 0.6 is 12.4 Å². The van der Waals surface area contributed by atoms with E-state index in [0.29, 0.717) is 12.2 Å². The molecule has 0 aliphatic rings. The van der Waals surface area contributed by atoms with Crippen LogP contribution in [0.1, 0.15) is 12.5 Å². The first-order valence-electron chi connectivity index (χ1n) is 6.17. The fraction of sp³-hybridized carbons (Fsp3) is 0.312. The molecule has 0 atom stereocenters. The quantitative estimate of drug-likeness (QED) is 0.484. The van der Waals surface area contributed by atoms with E-state index >= 15 is 0 Å². The Hall–Kier alpha value is -1.58. The van der Waals surface area contributed by atoms with Crippen LogP contribution in [-0.4, -0.2) is 38.6 Å². The molecule has 0 aliphatic carbocycles. The van der Waals surface area contributed by atoms with Crippen molar-refractivity contribution in [1.82, 2.24) is 4.90 Å². The summed E-state index contributed by atoms with van der Waals surface area (Å²) in [6.45, 7) is 5.77. The van der Waals surface area contributed by atoms with E-state index < -0.39 is 0 Å². The van der Waals surface area contributed by atoms with Gasteiger partial charge in [-0.05, 0) is 39.7 Å². The summed E-state index contributed by atoms with van der Waals surface area (Å²) in [5.41, 5.74) is 1.39. The molecule has 0 heterocycles. The van der Waals surface area contributed by atoms with Gasteiger partial charge >= 0.3 is 5.97 Å². The Labute approximate surface area is 128 Å². The van der Waals surface area contributed by atoms with Crippen molar-refractivity contribution in [2.45, 2.75) is 6.92 Å². The maximum atomic E-state index is 11.2. The molecule has 1 aromatic carbocycles. The van der Waals surface area contributed by atoms with Crippen molar-refractivity contribution in [3.63, 3.8) is 0 Å². The van der Waals surface area contributed by atoms with E-state index in [0.717, 1.165) is 5.56 Å². The Morgan fingerprint density at radius 2 is 1.75 bits per heavy atom. The first-order chi connectivity index (χ1) is 8.97. The van der Waals surface area contributed by atoms with Gasteiger partial charge < -0.3 is 9.64 Å². The minimum absolute atomic E-state index is 0. The van der Waals surface area contributed by atoms with Crippen LogP contribution in [0.3, 0.4) is 0 Å². The molecule has 0 unspecified atom stereocenters. The number of nitrogens with zero attached hydrogens (tertiary/aromatic N) is 1. The lowest BCUT2D eigenvalue weighted by atomic mass is 10.2. The number of ether oxygens (including phenoxy) is 1. The van der Waals surface area contributed by atoms with Gasteiger partial charge in [-0.15, -0.1) is 12.4 Å². The van der Waals surface area contributed by atoms with Gasteiger partial charge in [-0.2, -0.15) is 0 Å². The van der Waals surface area contributed by atoms with Gasteiger partial charge in [0.1, 0.15) is 0 Å². The van der Waals surface area contributed by atoms with Crippen molar-refractivity contribution in [2.24, 2.45) is 0 Å². The van der Waals surface area contributed by atoms with Gasteiger partial charge in [0.25, 0.3) is 0 Å². The van der Waals surface area contributed by atoms with Crippen molar-refractivity contribution in [1.29, 1.82) is 0 Å². The molecule has 0 amide bonds. The number of carbonyl (C=O) groups is 1. The maximum Gasteiger partial charge on any atom is 0.337 e. The van der Waals surface area contributed by atoms with Crippen LogP contribution in [0.2, 0.25) is 0 Å². The first kappa shape index (κ1) is 20.7. The fourth-order valence-electron chi connectivity index (χ4n) is 1.05. The van der Waals surface area contributed by atoms with Crippen LogP contribution < -0.4 is 0 Å². The molecular weight excluding hydrogens is 274 g/mol. The van der Waals surface area contributed by atoms with E-state index in [-0.39, 0.29) is 18.4 Å². The Morgan fingerprint density at radius 3 is 2.20 bits per heavy atom. The summed E-state index contributed by atoms with van der Waals surface area (Å²) in [7, 11) is 6.00. The van der Waals surface area contributed by atoms with Gasteiger partial charge in [-0.1, -0.05) is 43.0 Å². The number of hydrogen-bond donors (Lipinski definition) is 0. The second kappa shape index (κ2) is 12.5. The Kier molecular flexibility index (Phi) is 12.9. The maximum absolute atomic E-state index is 11.2. The van der Waals surface area contributed by atoms with Crippen LogP contribution in [0.4, 0.5) is 0 Å². The topological polar surface area (TPSA) is 29.5 Å². The number of benzene rings is 1. The standard InChI is InChI=1S/C13H14O2.C3H9N.ClH/c1-3-15-13(14)11(2)9-10-12-7-5-4-6-8-12;1-4(2)3;/h4-10H,2-3H2,1H3;1-3H3;1H. The summed E-state index contributed by atoms with van der Waals surface area (Å²) >= 11 is 0. The van der Waals surface area contributed by atoms with Crippen molar-refractivity contribution in [3.8, 4) is 0 Å². The summed E-state index contributed by atoms with van der Waals surface area (Å²) < 4.78 is 4.80. The molecule has 0 bridgehead atoms. The van der Waals surface area contributed by atoms with Crippen molar-refractivity contribution in [2.75, 3.05) is 27.7 Å². The molecule has 1 aromatic rings. The van der Waals surface area contributed by atoms with Crippen LogP contribution in [0.25, 0.3) is 6.08 Å². The summed E-state index contributed by atoms with van der Waals surface area (Å²) in [5.74, 6) is -0.371. The summed E-state index contributed by atoms with van der Waals surface area (Å²) in [6.07, 6.45) is 3.49. The van der Waals surface area contributed by atoms with Gasteiger partial charge in [-0.3, -0.25) is 0 Å². The van der Waals surface area contributed by atoms with Gasteiger partial charge in [-0.25, -0.2) is 4.79 Å². The molecule has 112 valence electrons.